The molecule has 0 aliphatic carbocycles. The predicted octanol–water partition coefficient (Wildman–Crippen LogP) is 5.29. The van der Waals surface area contributed by atoms with E-state index in [0.717, 1.165) is 22.8 Å². The second-order valence-electron chi connectivity index (χ2n) is 6.71. The Morgan fingerprint density at radius 2 is 1.52 bits per heavy atom. The Hall–Kier alpha value is -2.49. The molecule has 0 unspecified atom stereocenters. The lowest BCUT2D eigenvalue weighted by molar-refractivity contribution is 0.236. The molecule has 3 rings (SSSR count). The zero-order valence-corrected chi connectivity index (χ0v) is 13.7. The second kappa shape index (κ2) is 6.32. The van der Waals surface area contributed by atoms with Crippen molar-refractivity contribution < 1.29 is 4.74 Å². The number of azo groups is 1. The summed E-state index contributed by atoms with van der Waals surface area (Å²) in [5.74, 6) is 0.719. The number of aliphatic imine (C=N–C) groups is 1. The van der Waals surface area contributed by atoms with Crippen molar-refractivity contribution in [2.24, 2.45) is 20.6 Å². The standard InChI is InChI=1S/C19H21N3O/c1-19(2,3)17-13-23-18(20-17)14-9-11-16(12-10-14)22-21-15-7-5-4-6-8-15/h4-12,17H,13H2,1-3H3/b22-21+/t17-/m1/s1. The minimum Gasteiger partial charge on any atom is -0.475 e. The van der Waals surface area contributed by atoms with E-state index in [9.17, 15) is 0 Å². The molecule has 0 N–H and O–H groups in total. The molecular weight excluding hydrogens is 286 g/mol. The zero-order chi connectivity index (χ0) is 16.3. The van der Waals surface area contributed by atoms with Crippen molar-refractivity contribution in [3.8, 4) is 0 Å². The van der Waals surface area contributed by atoms with E-state index in [0.29, 0.717) is 6.61 Å². The summed E-state index contributed by atoms with van der Waals surface area (Å²) in [6.07, 6.45) is 0. The van der Waals surface area contributed by atoms with Gasteiger partial charge in [0.25, 0.3) is 0 Å². The lowest BCUT2D eigenvalue weighted by Gasteiger charge is -2.21. The normalized spacial score (nSPS) is 18.0. The van der Waals surface area contributed by atoms with Crippen LogP contribution in [0.3, 0.4) is 0 Å². The van der Waals surface area contributed by atoms with E-state index < -0.39 is 0 Å². The average Bonchev–Trinajstić information content (AvgIpc) is 3.05. The highest BCUT2D eigenvalue weighted by molar-refractivity contribution is 5.95. The number of benzene rings is 2. The first-order valence-electron chi connectivity index (χ1n) is 7.80. The van der Waals surface area contributed by atoms with E-state index in [1.807, 2.05) is 54.6 Å². The number of ether oxygens (including phenoxy) is 1. The molecule has 0 radical (unpaired) electrons. The number of rotatable bonds is 3. The molecule has 0 amide bonds. The second-order valence-corrected chi connectivity index (χ2v) is 6.71. The van der Waals surface area contributed by atoms with E-state index in [4.69, 9.17) is 9.73 Å². The Morgan fingerprint density at radius 3 is 2.09 bits per heavy atom. The van der Waals surface area contributed by atoms with Gasteiger partial charge >= 0.3 is 0 Å². The number of hydrogen-bond donors (Lipinski definition) is 0. The van der Waals surface area contributed by atoms with Crippen LogP contribution in [0.15, 0.2) is 69.8 Å². The Labute approximate surface area is 136 Å². The Balaban J connectivity index is 1.72. The van der Waals surface area contributed by atoms with Crippen LogP contribution < -0.4 is 0 Å². The molecule has 0 bridgehead atoms. The van der Waals surface area contributed by atoms with Gasteiger partial charge in [-0.25, -0.2) is 4.99 Å². The van der Waals surface area contributed by atoms with Crippen LogP contribution in [-0.4, -0.2) is 18.5 Å². The van der Waals surface area contributed by atoms with Crippen LogP contribution in [-0.2, 0) is 4.74 Å². The van der Waals surface area contributed by atoms with Gasteiger partial charge in [-0.05, 0) is 41.8 Å². The quantitative estimate of drug-likeness (QED) is 0.710. The molecule has 0 saturated carbocycles. The molecule has 1 aliphatic rings. The minimum atomic E-state index is 0.117. The summed E-state index contributed by atoms with van der Waals surface area (Å²) in [5.41, 5.74) is 2.75. The van der Waals surface area contributed by atoms with Gasteiger partial charge in [0.05, 0.1) is 17.4 Å². The lowest BCUT2D eigenvalue weighted by atomic mass is 9.88. The van der Waals surface area contributed by atoms with Crippen molar-refractivity contribution in [1.29, 1.82) is 0 Å². The van der Waals surface area contributed by atoms with Crippen LogP contribution in [0.1, 0.15) is 26.3 Å². The molecule has 0 spiro atoms. The largest absolute Gasteiger partial charge is 0.475 e. The maximum Gasteiger partial charge on any atom is 0.216 e. The number of hydrogen-bond acceptors (Lipinski definition) is 4. The fraction of sp³-hybridized carbons (Fsp3) is 0.316. The van der Waals surface area contributed by atoms with Crippen LogP contribution in [0.4, 0.5) is 11.4 Å². The average molecular weight is 307 g/mol. The molecule has 4 heteroatoms. The molecule has 23 heavy (non-hydrogen) atoms. The fourth-order valence-electron chi connectivity index (χ4n) is 2.26. The van der Waals surface area contributed by atoms with Crippen molar-refractivity contribution in [3.63, 3.8) is 0 Å². The highest BCUT2D eigenvalue weighted by Gasteiger charge is 2.30. The van der Waals surface area contributed by atoms with E-state index in [2.05, 4.69) is 31.0 Å². The maximum atomic E-state index is 5.74. The SMILES string of the molecule is CC(C)(C)[C@H]1COC(c2ccc(/N=N/c3ccccc3)cc2)=N1. The minimum absolute atomic E-state index is 0.117. The van der Waals surface area contributed by atoms with Gasteiger partial charge in [0.2, 0.25) is 5.90 Å². The molecule has 2 aromatic carbocycles. The predicted molar refractivity (Wildman–Crippen MR) is 92.8 cm³/mol. The fourth-order valence-corrected chi connectivity index (χ4v) is 2.26. The van der Waals surface area contributed by atoms with Crippen LogP contribution in [0.25, 0.3) is 0 Å². The monoisotopic (exact) mass is 307 g/mol. The van der Waals surface area contributed by atoms with Crippen molar-refractivity contribution in [3.05, 3.63) is 60.2 Å². The van der Waals surface area contributed by atoms with Gasteiger partial charge in [-0.2, -0.15) is 10.2 Å². The van der Waals surface area contributed by atoms with Gasteiger partial charge in [0.1, 0.15) is 6.61 Å². The van der Waals surface area contributed by atoms with E-state index >= 15 is 0 Å². The van der Waals surface area contributed by atoms with Crippen LogP contribution in [0.5, 0.6) is 0 Å². The van der Waals surface area contributed by atoms with Crippen molar-refractivity contribution in [2.45, 2.75) is 26.8 Å². The summed E-state index contributed by atoms with van der Waals surface area (Å²) >= 11 is 0. The highest BCUT2D eigenvalue weighted by Crippen LogP contribution is 2.28. The highest BCUT2D eigenvalue weighted by atomic mass is 16.5. The molecule has 1 atom stereocenters. The van der Waals surface area contributed by atoms with E-state index in [1.165, 1.54) is 0 Å². The van der Waals surface area contributed by atoms with Gasteiger partial charge in [0.15, 0.2) is 0 Å². The van der Waals surface area contributed by atoms with Gasteiger partial charge in [0, 0.05) is 5.56 Å². The first-order valence-corrected chi connectivity index (χ1v) is 7.80. The van der Waals surface area contributed by atoms with Crippen molar-refractivity contribution >= 4 is 17.3 Å². The topological polar surface area (TPSA) is 46.3 Å². The molecule has 1 heterocycles. The van der Waals surface area contributed by atoms with Crippen LogP contribution >= 0.6 is 0 Å². The van der Waals surface area contributed by atoms with Crippen LogP contribution in [0.2, 0.25) is 0 Å². The molecule has 118 valence electrons. The summed E-state index contributed by atoms with van der Waals surface area (Å²) in [6, 6.07) is 17.7. The third kappa shape index (κ3) is 3.83. The Morgan fingerprint density at radius 1 is 0.913 bits per heavy atom. The van der Waals surface area contributed by atoms with Gasteiger partial charge in [-0.1, -0.05) is 39.0 Å². The molecule has 1 aliphatic heterocycles. The Kier molecular flexibility index (Phi) is 4.24. The summed E-state index contributed by atoms with van der Waals surface area (Å²) in [6.45, 7) is 7.19. The van der Waals surface area contributed by atoms with Crippen LogP contribution in [0, 0.1) is 5.41 Å². The summed E-state index contributed by atoms with van der Waals surface area (Å²) in [4.78, 5) is 4.69. The van der Waals surface area contributed by atoms with Crippen molar-refractivity contribution in [2.75, 3.05) is 6.61 Å². The lowest BCUT2D eigenvalue weighted by Crippen LogP contribution is -2.25. The third-order valence-electron chi connectivity index (χ3n) is 3.80. The van der Waals surface area contributed by atoms with Gasteiger partial charge in [-0.15, -0.1) is 0 Å². The first kappa shape index (κ1) is 15.4. The molecule has 4 nitrogen and oxygen atoms in total. The summed E-state index contributed by atoms with van der Waals surface area (Å²) in [7, 11) is 0. The third-order valence-corrected chi connectivity index (χ3v) is 3.80. The maximum absolute atomic E-state index is 5.74. The van der Waals surface area contributed by atoms with E-state index in [-0.39, 0.29) is 11.5 Å². The molecular formula is C19H21N3O. The van der Waals surface area contributed by atoms with Crippen molar-refractivity contribution in [1.82, 2.24) is 0 Å². The molecule has 0 fully saturated rings. The molecule has 2 aromatic rings. The van der Waals surface area contributed by atoms with Gasteiger partial charge in [-0.3, -0.25) is 0 Å². The smallest absolute Gasteiger partial charge is 0.216 e. The first-order chi connectivity index (χ1) is 11.0. The summed E-state index contributed by atoms with van der Waals surface area (Å²) < 4.78 is 5.74. The molecule has 0 saturated heterocycles. The zero-order valence-electron chi connectivity index (χ0n) is 13.7. The van der Waals surface area contributed by atoms with Gasteiger partial charge < -0.3 is 4.74 Å². The number of nitrogens with zero attached hydrogens (tertiary/aromatic N) is 3. The van der Waals surface area contributed by atoms with E-state index in [1.54, 1.807) is 0 Å². The summed E-state index contributed by atoms with van der Waals surface area (Å²) in [5, 5.41) is 8.45. The Bertz CT molecular complexity index is 713. The molecule has 0 aromatic heterocycles.